The first kappa shape index (κ1) is 20.8. The maximum atomic E-state index is 13.7. The first-order chi connectivity index (χ1) is 12.8. The molecule has 0 amide bonds. The van der Waals surface area contributed by atoms with E-state index < -0.39 is 21.7 Å². The number of hydrogen-bond acceptors (Lipinski definition) is 3. The molecular weight excluding hydrogens is 406 g/mol. The molecule has 8 heteroatoms. The number of aromatic nitrogens is 1. The van der Waals surface area contributed by atoms with Crippen LogP contribution in [-0.4, -0.2) is 30.9 Å². The van der Waals surface area contributed by atoms with Crippen molar-refractivity contribution >= 4 is 33.3 Å². The van der Waals surface area contributed by atoms with Crippen LogP contribution in [0.15, 0.2) is 41.3 Å². The summed E-state index contributed by atoms with van der Waals surface area (Å²) in [5.41, 5.74) is 3.33. The van der Waals surface area contributed by atoms with Crippen LogP contribution in [0.25, 0.3) is 10.9 Å². The maximum absolute atomic E-state index is 13.7. The first-order valence-electron chi connectivity index (χ1n) is 8.81. The second kappa shape index (κ2) is 7.46. The Morgan fingerprint density at radius 1 is 1.04 bits per heavy atom. The van der Waals surface area contributed by atoms with E-state index in [0.717, 1.165) is 53.4 Å². The third-order valence-corrected chi connectivity index (χ3v) is 6.85. The van der Waals surface area contributed by atoms with Gasteiger partial charge in [0.05, 0.1) is 10.4 Å². The lowest BCUT2D eigenvalue weighted by molar-refractivity contribution is 0.333. The third-order valence-electron chi connectivity index (χ3n) is 5.10. The van der Waals surface area contributed by atoms with Crippen molar-refractivity contribution in [2.75, 3.05) is 13.6 Å². The topological polar surface area (TPSA) is 42.3 Å². The lowest BCUT2D eigenvalue weighted by atomic mass is 10.1. The van der Waals surface area contributed by atoms with E-state index in [1.54, 1.807) is 6.07 Å². The summed E-state index contributed by atoms with van der Waals surface area (Å²) in [6.07, 6.45) is 1.43. The Morgan fingerprint density at radius 3 is 2.50 bits per heavy atom. The summed E-state index contributed by atoms with van der Waals surface area (Å²) in [6, 6.07) is 8.36. The van der Waals surface area contributed by atoms with E-state index in [1.165, 1.54) is 3.97 Å². The molecular formula is C20H21ClF2N2O2S. The van der Waals surface area contributed by atoms with Gasteiger partial charge in [-0.2, -0.15) is 0 Å². The van der Waals surface area contributed by atoms with E-state index in [-0.39, 0.29) is 17.3 Å². The van der Waals surface area contributed by atoms with E-state index in [4.69, 9.17) is 0 Å². The van der Waals surface area contributed by atoms with Crippen LogP contribution in [0.5, 0.6) is 0 Å². The summed E-state index contributed by atoms with van der Waals surface area (Å²) in [5, 5.41) is 0.893. The highest BCUT2D eigenvalue weighted by Crippen LogP contribution is 2.34. The van der Waals surface area contributed by atoms with Crippen molar-refractivity contribution in [1.82, 2.24) is 8.87 Å². The van der Waals surface area contributed by atoms with E-state index in [9.17, 15) is 17.2 Å². The van der Waals surface area contributed by atoms with Crippen molar-refractivity contribution in [2.24, 2.45) is 0 Å². The Balaban J connectivity index is 0.00000225. The van der Waals surface area contributed by atoms with Gasteiger partial charge in [-0.15, -0.1) is 12.4 Å². The molecule has 3 aromatic rings. The fourth-order valence-corrected chi connectivity index (χ4v) is 5.42. The molecule has 0 radical (unpaired) electrons. The highest BCUT2D eigenvalue weighted by atomic mass is 35.5. The zero-order valence-corrected chi connectivity index (χ0v) is 17.2. The van der Waals surface area contributed by atoms with E-state index in [1.807, 2.05) is 26.1 Å². The van der Waals surface area contributed by atoms with Crippen molar-refractivity contribution in [3.05, 3.63) is 64.9 Å². The SMILES string of the molecule is Cc1ccc2c(c1)c1c(n2S(=O)(=O)c2ccc(F)c(F)c2)CCCN(C)C1.Cl. The molecule has 0 saturated carbocycles. The number of nitrogens with zero attached hydrogens (tertiary/aromatic N) is 2. The average Bonchev–Trinajstić information content (AvgIpc) is 2.77. The standard InChI is InChI=1S/C20H20F2N2O2S.ClH/c1-13-5-8-20-15(10-13)16-12-23(2)9-3-4-19(16)24(20)27(25,26)14-6-7-17(21)18(22)11-14;/h5-8,10-11H,3-4,9,12H2,1-2H3;1H. The predicted octanol–water partition coefficient (Wildman–Crippen LogP) is 4.26. The van der Waals surface area contributed by atoms with Gasteiger partial charge in [0.25, 0.3) is 10.0 Å². The fourth-order valence-electron chi connectivity index (χ4n) is 3.80. The summed E-state index contributed by atoms with van der Waals surface area (Å²) in [4.78, 5) is 1.92. The zero-order chi connectivity index (χ0) is 19.3. The highest BCUT2D eigenvalue weighted by Gasteiger charge is 2.29. The molecule has 150 valence electrons. The normalized spacial score (nSPS) is 15.1. The summed E-state index contributed by atoms with van der Waals surface area (Å²) >= 11 is 0. The molecule has 0 unspecified atom stereocenters. The van der Waals surface area contributed by atoms with Crippen molar-refractivity contribution in [2.45, 2.75) is 31.2 Å². The lowest BCUT2D eigenvalue weighted by Gasteiger charge is -2.12. The highest BCUT2D eigenvalue weighted by molar-refractivity contribution is 7.90. The Bertz CT molecular complexity index is 1160. The summed E-state index contributed by atoms with van der Waals surface area (Å²) in [6.45, 7) is 3.48. The van der Waals surface area contributed by atoms with Crippen LogP contribution < -0.4 is 0 Å². The lowest BCUT2D eigenvalue weighted by Crippen LogP contribution is -2.17. The molecule has 2 aromatic carbocycles. The van der Waals surface area contributed by atoms with Crippen molar-refractivity contribution < 1.29 is 17.2 Å². The number of rotatable bonds is 2. The van der Waals surface area contributed by atoms with Gasteiger partial charge < -0.3 is 4.90 Å². The molecule has 28 heavy (non-hydrogen) atoms. The molecule has 1 aromatic heterocycles. The fraction of sp³-hybridized carbons (Fsp3) is 0.300. The molecule has 0 bridgehead atoms. The predicted molar refractivity (Wildman–Crippen MR) is 108 cm³/mol. The van der Waals surface area contributed by atoms with Crippen LogP contribution >= 0.6 is 12.4 Å². The van der Waals surface area contributed by atoms with Gasteiger partial charge in [-0.1, -0.05) is 11.6 Å². The smallest absolute Gasteiger partial charge is 0.268 e. The molecule has 4 rings (SSSR count). The zero-order valence-electron chi connectivity index (χ0n) is 15.6. The minimum absolute atomic E-state index is 0. The number of benzene rings is 2. The minimum Gasteiger partial charge on any atom is -0.302 e. The molecule has 1 aliphatic rings. The van der Waals surface area contributed by atoms with Gasteiger partial charge in [-0.25, -0.2) is 21.2 Å². The third kappa shape index (κ3) is 3.32. The largest absolute Gasteiger partial charge is 0.302 e. The van der Waals surface area contributed by atoms with Crippen LogP contribution in [0.3, 0.4) is 0 Å². The van der Waals surface area contributed by atoms with Crippen molar-refractivity contribution in [3.8, 4) is 0 Å². The summed E-state index contributed by atoms with van der Waals surface area (Å²) in [5.74, 6) is -2.24. The molecule has 0 spiro atoms. The summed E-state index contributed by atoms with van der Waals surface area (Å²) < 4.78 is 55.1. The minimum atomic E-state index is -4.06. The quantitative estimate of drug-likeness (QED) is 0.614. The Kier molecular flexibility index (Phi) is 5.53. The van der Waals surface area contributed by atoms with E-state index in [0.29, 0.717) is 18.5 Å². The van der Waals surface area contributed by atoms with Crippen molar-refractivity contribution in [1.29, 1.82) is 0 Å². The van der Waals surface area contributed by atoms with Gasteiger partial charge in [0, 0.05) is 17.6 Å². The molecule has 0 N–H and O–H groups in total. The van der Waals surface area contributed by atoms with Gasteiger partial charge in [-0.3, -0.25) is 0 Å². The van der Waals surface area contributed by atoms with Crippen LogP contribution in [0.2, 0.25) is 0 Å². The monoisotopic (exact) mass is 426 g/mol. The van der Waals surface area contributed by atoms with E-state index >= 15 is 0 Å². The second-order valence-corrected chi connectivity index (χ2v) is 8.92. The Labute approximate surface area is 169 Å². The molecule has 0 saturated heterocycles. The molecule has 4 nitrogen and oxygen atoms in total. The first-order valence-corrected chi connectivity index (χ1v) is 10.2. The summed E-state index contributed by atoms with van der Waals surface area (Å²) in [7, 11) is -2.05. The number of hydrogen-bond donors (Lipinski definition) is 0. The molecule has 0 aliphatic carbocycles. The molecule has 1 aliphatic heterocycles. The van der Waals surface area contributed by atoms with Gasteiger partial charge in [0.2, 0.25) is 0 Å². The van der Waals surface area contributed by atoms with Gasteiger partial charge in [0.1, 0.15) is 0 Å². The van der Waals surface area contributed by atoms with Gasteiger partial charge in [-0.05, 0) is 69.3 Å². The number of aryl methyl sites for hydroxylation is 1. The van der Waals surface area contributed by atoms with Gasteiger partial charge in [0.15, 0.2) is 11.6 Å². The van der Waals surface area contributed by atoms with Crippen LogP contribution in [0.1, 0.15) is 23.2 Å². The maximum Gasteiger partial charge on any atom is 0.268 e. The van der Waals surface area contributed by atoms with E-state index in [2.05, 4.69) is 4.90 Å². The van der Waals surface area contributed by atoms with Crippen LogP contribution in [-0.2, 0) is 23.0 Å². The number of fused-ring (bicyclic) bond motifs is 3. The van der Waals surface area contributed by atoms with Crippen molar-refractivity contribution in [3.63, 3.8) is 0 Å². The van der Waals surface area contributed by atoms with Crippen LogP contribution in [0, 0.1) is 18.6 Å². The van der Waals surface area contributed by atoms with Gasteiger partial charge >= 0.3 is 0 Å². The molecule has 2 heterocycles. The second-order valence-electron chi connectivity index (χ2n) is 7.13. The molecule has 0 fully saturated rings. The Hall–Kier alpha value is -1.96. The Morgan fingerprint density at radius 2 is 1.79 bits per heavy atom. The number of halogens is 3. The average molecular weight is 427 g/mol. The van der Waals surface area contributed by atoms with Crippen LogP contribution in [0.4, 0.5) is 8.78 Å². The molecule has 0 atom stereocenters.